The maximum atomic E-state index is 14.4. The van der Waals surface area contributed by atoms with Crippen LogP contribution in [-0.2, 0) is 16.6 Å². The Hall–Kier alpha value is -3.36. The molecule has 0 aliphatic carbocycles. The van der Waals surface area contributed by atoms with Gasteiger partial charge < -0.3 is 9.88 Å². The van der Waals surface area contributed by atoms with Crippen molar-refractivity contribution in [1.82, 2.24) is 9.88 Å². The van der Waals surface area contributed by atoms with Crippen LogP contribution in [0.5, 0.6) is 0 Å². The molecule has 3 aromatic carbocycles. The number of hydrogen-bond donors (Lipinski definition) is 2. The molecule has 1 heterocycles. The minimum Gasteiger partial charge on any atom is -0.351 e. The Bertz CT molecular complexity index is 1480. The topological polar surface area (TPSA) is 80.2 Å². The average molecular weight is 514 g/mol. The molecule has 35 heavy (non-hydrogen) atoms. The molecule has 0 aliphatic rings. The Labute approximate surface area is 208 Å². The molecule has 0 saturated heterocycles. The van der Waals surface area contributed by atoms with Gasteiger partial charge in [0.1, 0.15) is 11.5 Å². The molecule has 0 saturated carbocycles. The summed E-state index contributed by atoms with van der Waals surface area (Å²) in [4.78, 5) is 13.1. The number of carbonyl (C=O) groups is 1. The minimum absolute atomic E-state index is 0.0767. The number of nitrogens with one attached hydrogen (secondary N) is 2. The van der Waals surface area contributed by atoms with Crippen molar-refractivity contribution in [1.29, 1.82) is 0 Å². The third-order valence-electron chi connectivity index (χ3n) is 5.47. The number of benzene rings is 3. The van der Waals surface area contributed by atoms with E-state index in [2.05, 4.69) is 10.0 Å². The number of anilines is 1. The van der Waals surface area contributed by atoms with Gasteiger partial charge in [0, 0.05) is 33.7 Å². The van der Waals surface area contributed by atoms with Gasteiger partial charge in [-0.3, -0.25) is 9.52 Å². The van der Waals surface area contributed by atoms with Gasteiger partial charge in [-0.05, 0) is 60.5 Å². The maximum Gasteiger partial charge on any atom is 0.267 e. The minimum atomic E-state index is -3.84. The summed E-state index contributed by atoms with van der Waals surface area (Å²) in [6, 6.07) is 18.9. The average Bonchev–Trinajstić information content (AvgIpc) is 3.16. The van der Waals surface area contributed by atoms with Gasteiger partial charge in [-0.15, -0.1) is 0 Å². The summed E-state index contributed by atoms with van der Waals surface area (Å²) in [5, 5.41) is 3.98. The number of rotatable bonds is 8. The quantitative estimate of drug-likeness (QED) is 0.318. The number of hydrogen-bond acceptors (Lipinski definition) is 3. The predicted octanol–water partition coefficient (Wildman–Crippen LogP) is 5.67. The van der Waals surface area contributed by atoms with Crippen molar-refractivity contribution >= 4 is 44.1 Å². The highest BCUT2D eigenvalue weighted by Gasteiger charge is 2.19. The summed E-state index contributed by atoms with van der Waals surface area (Å²) < 4.78 is 44.3. The molecule has 0 unspecified atom stereocenters. The SMILES string of the molecule is CC(C)CNC(=O)c1cc2cc(NS(=O)(=O)c3ccc(Cl)cc3)ccc2n1Cc1ccccc1F. The number of nitrogens with zero attached hydrogens (tertiary/aromatic N) is 1. The van der Waals surface area contributed by atoms with Crippen molar-refractivity contribution in [2.75, 3.05) is 11.3 Å². The van der Waals surface area contributed by atoms with Crippen molar-refractivity contribution in [3.8, 4) is 0 Å². The zero-order valence-corrected chi connectivity index (χ0v) is 20.8. The van der Waals surface area contributed by atoms with Crippen LogP contribution in [-0.4, -0.2) is 25.4 Å². The Kier molecular flexibility index (Phi) is 7.14. The van der Waals surface area contributed by atoms with Crippen LogP contribution in [0.15, 0.2) is 77.7 Å². The summed E-state index contributed by atoms with van der Waals surface area (Å²) in [5.41, 5.74) is 1.82. The molecule has 4 rings (SSSR count). The van der Waals surface area contributed by atoms with Crippen LogP contribution in [0, 0.1) is 11.7 Å². The van der Waals surface area contributed by atoms with Crippen LogP contribution < -0.4 is 10.0 Å². The molecule has 2 N–H and O–H groups in total. The maximum absolute atomic E-state index is 14.4. The number of amides is 1. The molecule has 0 radical (unpaired) electrons. The number of carbonyl (C=O) groups excluding carboxylic acids is 1. The molecule has 0 atom stereocenters. The zero-order valence-electron chi connectivity index (χ0n) is 19.3. The van der Waals surface area contributed by atoms with Crippen LogP contribution in [0.3, 0.4) is 0 Å². The van der Waals surface area contributed by atoms with Gasteiger partial charge in [-0.25, -0.2) is 12.8 Å². The first-order valence-corrected chi connectivity index (χ1v) is 12.9. The van der Waals surface area contributed by atoms with E-state index in [0.29, 0.717) is 39.4 Å². The van der Waals surface area contributed by atoms with E-state index in [4.69, 9.17) is 11.6 Å². The first kappa shape index (κ1) is 24.8. The largest absolute Gasteiger partial charge is 0.351 e. The monoisotopic (exact) mass is 513 g/mol. The van der Waals surface area contributed by atoms with Crippen molar-refractivity contribution in [2.45, 2.75) is 25.3 Å². The summed E-state index contributed by atoms with van der Waals surface area (Å²) in [7, 11) is -3.84. The van der Waals surface area contributed by atoms with E-state index in [0.717, 1.165) is 0 Å². The Morgan fingerprint density at radius 3 is 2.43 bits per heavy atom. The van der Waals surface area contributed by atoms with Crippen molar-refractivity contribution in [2.24, 2.45) is 5.92 Å². The molecule has 0 fully saturated rings. The molecule has 0 bridgehead atoms. The van der Waals surface area contributed by atoms with Crippen LogP contribution in [0.25, 0.3) is 10.9 Å². The second kappa shape index (κ2) is 10.1. The van der Waals surface area contributed by atoms with E-state index in [1.165, 1.54) is 30.3 Å². The normalized spacial score (nSPS) is 11.7. The van der Waals surface area contributed by atoms with E-state index < -0.39 is 10.0 Å². The predicted molar refractivity (Wildman–Crippen MR) is 137 cm³/mol. The van der Waals surface area contributed by atoms with Crippen molar-refractivity contribution in [3.63, 3.8) is 0 Å². The fourth-order valence-electron chi connectivity index (χ4n) is 3.71. The summed E-state index contributed by atoms with van der Waals surface area (Å²) in [6.07, 6.45) is 0. The fraction of sp³-hybridized carbons (Fsp3) is 0.192. The van der Waals surface area contributed by atoms with Gasteiger partial charge in [-0.1, -0.05) is 43.6 Å². The van der Waals surface area contributed by atoms with Crippen LogP contribution in [0.4, 0.5) is 10.1 Å². The summed E-state index contributed by atoms with van der Waals surface area (Å²) in [5.74, 6) is -0.387. The number of aromatic nitrogens is 1. The lowest BCUT2D eigenvalue weighted by molar-refractivity contribution is 0.0940. The second-order valence-electron chi connectivity index (χ2n) is 8.64. The summed E-state index contributed by atoms with van der Waals surface area (Å²) in [6.45, 7) is 4.63. The lowest BCUT2D eigenvalue weighted by Crippen LogP contribution is -2.29. The molecule has 9 heteroatoms. The van der Waals surface area contributed by atoms with Gasteiger partial charge in [0.25, 0.3) is 15.9 Å². The lowest BCUT2D eigenvalue weighted by atomic mass is 10.2. The third kappa shape index (κ3) is 5.66. The first-order chi connectivity index (χ1) is 16.6. The fourth-order valence-corrected chi connectivity index (χ4v) is 4.88. The van der Waals surface area contributed by atoms with E-state index in [1.807, 2.05) is 13.8 Å². The molecule has 182 valence electrons. The Balaban J connectivity index is 1.72. The summed E-state index contributed by atoms with van der Waals surface area (Å²) >= 11 is 5.86. The van der Waals surface area contributed by atoms with Gasteiger partial charge in [0.05, 0.1) is 11.4 Å². The molecule has 0 aliphatic heterocycles. The first-order valence-electron chi connectivity index (χ1n) is 11.1. The van der Waals surface area contributed by atoms with E-state index in [9.17, 15) is 17.6 Å². The molecule has 0 spiro atoms. The lowest BCUT2D eigenvalue weighted by Gasteiger charge is -2.13. The van der Waals surface area contributed by atoms with E-state index in [1.54, 1.807) is 47.0 Å². The number of sulfonamides is 1. The van der Waals surface area contributed by atoms with Gasteiger partial charge >= 0.3 is 0 Å². The van der Waals surface area contributed by atoms with E-state index >= 15 is 0 Å². The van der Waals surface area contributed by atoms with Crippen LogP contribution >= 0.6 is 11.6 Å². The molecular weight excluding hydrogens is 489 g/mol. The Morgan fingerprint density at radius 1 is 1.03 bits per heavy atom. The smallest absolute Gasteiger partial charge is 0.267 e. The van der Waals surface area contributed by atoms with Crippen LogP contribution in [0.2, 0.25) is 5.02 Å². The zero-order chi connectivity index (χ0) is 25.2. The van der Waals surface area contributed by atoms with E-state index in [-0.39, 0.29) is 29.1 Å². The molecule has 4 aromatic rings. The second-order valence-corrected chi connectivity index (χ2v) is 10.8. The highest BCUT2D eigenvalue weighted by molar-refractivity contribution is 7.92. The molecular formula is C26H25ClFN3O3S. The highest BCUT2D eigenvalue weighted by atomic mass is 35.5. The van der Waals surface area contributed by atoms with Gasteiger partial charge in [-0.2, -0.15) is 0 Å². The molecule has 1 amide bonds. The Morgan fingerprint density at radius 2 is 1.74 bits per heavy atom. The van der Waals surface area contributed by atoms with Crippen molar-refractivity contribution in [3.05, 3.63) is 94.9 Å². The molecule has 6 nitrogen and oxygen atoms in total. The highest BCUT2D eigenvalue weighted by Crippen LogP contribution is 2.27. The standard InChI is InChI=1S/C26H25ClFN3O3S/c1-17(2)15-29-26(32)25-14-19-13-21(30-35(33,34)22-10-7-20(27)8-11-22)9-12-24(19)31(25)16-18-5-3-4-6-23(18)28/h3-14,17,30H,15-16H2,1-2H3,(H,29,32). The van der Waals surface area contributed by atoms with Gasteiger partial charge in [0.15, 0.2) is 0 Å². The van der Waals surface area contributed by atoms with Gasteiger partial charge in [0.2, 0.25) is 0 Å². The van der Waals surface area contributed by atoms with Crippen LogP contribution in [0.1, 0.15) is 29.9 Å². The van der Waals surface area contributed by atoms with Crippen molar-refractivity contribution < 1.29 is 17.6 Å². The third-order valence-corrected chi connectivity index (χ3v) is 7.12. The number of halogens is 2. The number of fused-ring (bicyclic) bond motifs is 1. The molecule has 1 aromatic heterocycles.